The van der Waals surface area contributed by atoms with Crippen LogP contribution < -0.4 is 10.1 Å². The number of hydrogen-bond donors (Lipinski definition) is 1. The molecule has 2 aromatic rings. The van der Waals surface area contributed by atoms with Crippen molar-refractivity contribution < 1.29 is 9.13 Å². The third-order valence-electron chi connectivity index (χ3n) is 3.13. The molecule has 0 spiro atoms. The third-order valence-corrected chi connectivity index (χ3v) is 3.42. The van der Waals surface area contributed by atoms with Gasteiger partial charge >= 0.3 is 0 Å². The van der Waals surface area contributed by atoms with E-state index in [2.05, 4.69) is 15.5 Å². The van der Waals surface area contributed by atoms with Gasteiger partial charge < -0.3 is 10.1 Å². The number of ether oxygens (including phenoxy) is 1. The molecule has 0 aliphatic heterocycles. The predicted octanol–water partition coefficient (Wildman–Crippen LogP) is 3.17. The van der Waals surface area contributed by atoms with Crippen LogP contribution in [-0.2, 0) is 6.42 Å². The summed E-state index contributed by atoms with van der Waals surface area (Å²) in [6.07, 6.45) is 0.446. The number of hydrogen-bond acceptors (Lipinski definition) is 4. The maximum Gasteiger partial charge on any atom is 0.233 e. The fourth-order valence-electron chi connectivity index (χ4n) is 2.08. The molecule has 0 aliphatic carbocycles. The van der Waals surface area contributed by atoms with Crippen molar-refractivity contribution in [1.82, 2.24) is 15.5 Å². The summed E-state index contributed by atoms with van der Waals surface area (Å²) in [5.74, 6) is 0.0616. The summed E-state index contributed by atoms with van der Waals surface area (Å²) in [4.78, 5) is 0. The predicted molar refractivity (Wildman–Crippen MR) is 80.1 cm³/mol. The molecule has 0 amide bonds. The van der Waals surface area contributed by atoms with Crippen molar-refractivity contribution in [2.75, 3.05) is 13.7 Å². The van der Waals surface area contributed by atoms with Gasteiger partial charge in [0.1, 0.15) is 5.82 Å². The highest BCUT2D eigenvalue weighted by Crippen LogP contribution is 2.23. The van der Waals surface area contributed by atoms with Crippen LogP contribution in [0.1, 0.15) is 24.2 Å². The molecule has 1 unspecified atom stereocenters. The molecule has 0 saturated heterocycles. The summed E-state index contributed by atoms with van der Waals surface area (Å²) >= 11 is 5.82. The fraction of sp³-hybridized carbons (Fsp3) is 0.333. The molecule has 0 aliphatic rings. The molecule has 1 heterocycles. The minimum Gasteiger partial charge on any atom is -0.480 e. The third kappa shape index (κ3) is 3.89. The van der Waals surface area contributed by atoms with Gasteiger partial charge in [-0.3, -0.25) is 0 Å². The monoisotopic (exact) mass is 309 g/mol. The molecule has 21 heavy (non-hydrogen) atoms. The lowest BCUT2D eigenvalue weighted by Crippen LogP contribution is -2.24. The SMILES string of the molecule is CCNC(Cc1cccc(Cl)c1F)c1ccc(OC)nn1. The van der Waals surface area contributed by atoms with E-state index in [1.54, 1.807) is 18.2 Å². The number of nitrogens with zero attached hydrogens (tertiary/aromatic N) is 2. The Morgan fingerprint density at radius 2 is 2.10 bits per heavy atom. The number of methoxy groups -OCH3 is 1. The van der Waals surface area contributed by atoms with Crippen LogP contribution in [0.25, 0.3) is 0 Å². The number of aromatic nitrogens is 2. The zero-order valence-electron chi connectivity index (χ0n) is 11.9. The molecule has 1 aromatic heterocycles. The van der Waals surface area contributed by atoms with E-state index in [-0.39, 0.29) is 16.9 Å². The average molecular weight is 310 g/mol. The van der Waals surface area contributed by atoms with E-state index in [1.165, 1.54) is 13.2 Å². The van der Waals surface area contributed by atoms with Crippen LogP contribution in [0.15, 0.2) is 30.3 Å². The topological polar surface area (TPSA) is 47.0 Å². The Bertz CT molecular complexity index is 592. The lowest BCUT2D eigenvalue weighted by molar-refractivity contribution is 0.389. The maximum absolute atomic E-state index is 14.0. The molecule has 1 N–H and O–H groups in total. The number of nitrogens with one attached hydrogen (secondary N) is 1. The van der Waals surface area contributed by atoms with Crippen LogP contribution in [0.4, 0.5) is 4.39 Å². The van der Waals surface area contributed by atoms with Gasteiger partial charge in [-0.25, -0.2) is 4.39 Å². The maximum atomic E-state index is 14.0. The molecule has 1 atom stereocenters. The van der Waals surface area contributed by atoms with Crippen LogP contribution in [0.2, 0.25) is 5.02 Å². The molecule has 4 nitrogen and oxygen atoms in total. The van der Waals surface area contributed by atoms with E-state index in [4.69, 9.17) is 16.3 Å². The summed E-state index contributed by atoms with van der Waals surface area (Å²) in [5.41, 5.74) is 1.28. The molecule has 112 valence electrons. The number of rotatable bonds is 6. The van der Waals surface area contributed by atoms with E-state index in [9.17, 15) is 4.39 Å². The van der Waals surface area contributed by atoms with Crippen molar-refractivity contribution in [3.63, 3.8) is 0 Å². The number of likely N-dealkylation sites (N-methyl/N-ethyl adjacent to an activating group) is 1. The van der Waals surface area contributed by atoms with Crippen molar-refractivity contribution >= 4 is 11.6 Å². The molecular formula is C15H17ClFN3O. The summed E-state index contributed by atoms with van der Waals surface area (Å²) in [6, 6.07) is 8.42. The smallest absolute Gasteiger partial charge is 0.233 e. The molecule has 0 saturated carbocycles. The standard InChI is InChI=1S/C15H17ClFN3O/c1-3-18-13(12-7-8-14(21-2)20-19-12)9-10-5-4-6-11(16)15(10)17/h4-8,13,18H,3,9H2,1-2H3. The summed E-state index contributed by atoms with van der Waals surface area (Å²) in [7, 11) is 1.53. The fourth-order valence-corrected chi connectivity index (χ4v) is 2.27. The van der Waals surface area contributed by atoms with Crippen molar-refractivity contribution in [3.05, 3.63) is 52.4 Å². The van der Waals surface area contributed by atoms with E-state index < -0.39 is 0 Å². The minimum atomic E-state index is -0.386. The first kappa shape index (κ1) is 15.7. The highest BCUT2D eigenvalue weighted by Gasteiger charge is 2.16. The van der Waals surface area contributed by atoms with Gasteiger partial charge in [-0.1, -0.05) is 30.7 Å². The van der Waals surface area contributed by atoms with Gasteiger partial charge in [-0.05, 0) is 30.7 Å². The summed E-state index contributed by atoms with van der Waals surface area (Å²) in [5, 5.41) is 11.5. The highest BCUT2D eigenvalue weighted by atomic mass is 35.5. The summed E-state index contributed by atoms with van der Waals surface area (Å²) < 4.78 is 19.0. The minimum absolute atomic E-state index is 0.128. The zero-order chi connectivity index (χ0) is 15.2. The van der Waals surface area contributed by atoms with Crippen molar-refractivity contribution in [3.8, 4) is 5.88 Å². The Morgan fingerprint density at radius 3 is 2.71 bits per heavy atom. The molecule has 0 radical (unpaired) electrons. The Labute approximate surface area is 128 Å². The first-order valence-electron chi connectivity index (χ1n) is 6.69. The normalized spacial score (nSPS) is 12.2. The largest absolute Gasteiger partial charge is 0.480 e. The zero-order valence-corrected chi connectivity index (χ0v) is 12.7. The van der Waals surface area contributed by atoms with E-state index in [0.29, 0.717) is 17.9 Å². The number of benzene rings is 1. The van der Waals surface area contributed by atoms with Crippen LogP contribution in [0.5, 0.6) is 5.88 Å². The van der Waals surface area contributed by atoms with Gasteiger partial charge in [0.2, 0.25) is 5.88 Å². The van der Waals surface area contributed by atoms with E-state index in [0.717, 1.165) is 12.2 Å². The van der Waals surface area contributed by atoms with E-state index >= 15 is 0 Å². The van der Waals surface area contributed by atoms with Crippen LogP contribution >= 0.6 is 11.6 Å². The van der Waals surface area contributed by atoms with Gasteiger partial charge in [0.25, 0.3) is 0 Å². The van der Waals surface area contributed by atoms with Crippen LogP contribution in [0.3, 0.4) is 0 Å². The molecule has 1 aromatic carbocycles. The van der Waals surface area contributed by atoms with Gasteiger partial charge in [-0.15, -0.1) is 5.10 Å². The molecule has 0 fully saturated rings. The van der Waals surface area contributed by atoms with Gasteiger partial charge in [0.15, 0.2) is 0 Å². The van der Waals surface area contributed by atoms with E-state index in [1.807, 2.05) is 13.0 Å². The Kier molecular flexibility index (Phi) is 5.47. The first-order chi connectivity index (χ1) is 10.2. The summed E-state index contributed by atoms with van der Waals surface area (Å²) in [6.45, 7) is 2.72. The number of halogens is 2. The molecule has 0 bridgehead atoms. The quantitative estimate of drug-likeness (QED) is 0.890. The van der Waals surface area contributed by atoms with Crippen molar-refractivity contribution in [1.29, 1.82) is 0 Å². The van der Waals surface area contributed by atoms with Crippen molar-refractivity contribution in [2.45, 2.75) is 19.4 Å². The second-order valence-corrected chi connectivity index (χ2v) is 4.94. The Hall–Kier alpha value is -1.72. The van der Waals surface area contributed by atoms with Crippen LogP contribution in [0, 0.1) is 5.82 Å². The van der Waals surface area contributed by atoms with Gasteiger partial charge in [0, 0.05) is 6.07 Å². The van der Waals surface area contributed by atoms with Gasteiger partial charge in [0.05, 0.1) is 23.9 Å². The Balaban J connectivity index is 2.23. The Morgan fingerprint density at radius 1 is 1.29 bits per heavy atom. The average Bonchev–Trinajstić information content (AvgIpc) is 2.51. The lowest BCUT2D eigenvalue weighted by atomic mass is 10.0. The molecule has 6 heteroatoms. The molecule has 2 rings (SSSR count). The second kappa shape index (κ2) is 7.33. The first-order valence-corrected chi connectivity index (χ1v) is 7.07. The van der Waals surface area contributed by atoms with Crippen molar-refractivity contribution in [2.24, 2.45) is 0 Å². The van der Waals surface area contributed by atoms with Crippen LogP contribution in [-0.4, -0.2) is 23.9 Å². The second-order valence-electron chi connectivity index (χ2n) is 4.53. The van der Waals surface area contributed by atoms with Gasteiger partial charge in [-0.2, -0.15) is 5.10 Å². The lowest BCUT2D eigenvalue weighted by Gasteiger charge is -2.17. The highest BCUT2D eigenvalue weighted by molar-refractivity contribution is 6.30. The molecular weight excluding hydrogens is 293 g/mol.